The average molecular weight is 411 g/mol. The number of hydrogen-bond acceptors (Lipinski definition) is 2. The predicted octanol–water partition coefficient (Wildman–Crippen LogP) is 8.29. The fraction of sp³-hybridized carbons (Fsp3) is 0.571. The standard InChI is InChI=1S/C28H42O2/c1-20(2)11-8-12-21(3)13-9-14-22(4)15-10-17-28(7)18-16-25-19-26(29)23(5)24(6)27(25)30-28/h11,13,15,19,29H,8-10,12,14,16-18H2,1-7H3/t28-/m0/s1. The minimum atomic E-state index is -0.126. The normalized spacial score (nSPS) is 19.3. The number of phenolic OH excluding ortho intramolecular Hbond substituents is 1. The van der Waals surface area contributed by atoms with Gasteiger partial charge in [-0.25, -0.2) is 0 Å². The molecular weight excluding hydrogens is 368 g/mol. The Morgan fingerprint density at radius 3 is 2.20 bits per heavy atom. The summed E-state index contributed by atoms with van der Waals surface area (Å²) in [6, 6.07) is 1.89. The van der Waals surface area contributed by atoms with Gasteiger partial charge in [-0.1, -0.05) is 34.9 Å². The Kier molecular flexibility index (Phi) is 8.82. The zero-order valence-electron chi connectivity index (χ0n) is 20.3. The van der Waals surface area contributed by atoms with Crippen LogP contribution in [0.25, 0.3) is 0 Å². The molecule has 2 nitrogen and oxygen atoms in total. The van der Waals surface area contributed by atoms with Crippen LogP contribution in [0.1, 0.15) is 96.3 Å². The molecule has 0 unspecified atom stereocenters. The molecule has 30 heavy (non-hydrogen) atoms. The van der Waals surface area contributed by atoms with Crippen molar-refractivity contribution < 1.29 is 9.84 Å². The van der Waals surface area contributed by atoms with Gasteiger partial charge in [-0.3, -0.25) is 0 Å². The van der Waals surface area contributed by atoms with Crippen molar-refractivity contribution >= 4 is 0 Å². The molecule has 0 aromatic heterocycles. The first-order valence-electron chi connectivity index (χ1n) is 11.6. The minimum absolute atomic E-state index is 0.126. The number of ether oxygens (including phenoxy) is 1. The second-order valence-electron chi connectivity index (χ2n) is 9.68. The third-order valence-corrected chi connectivity index (χ3v) is 6.45. The first kappa shape index (κ1) is 24.3. The molecule has 1 aliphatic heterocycles. The van der Waals surface area contributed by atoms with Gasteiger partial charge in [0.15, 0.2) is 0 Å². The van der Waals surface area contributed by atoms with E-state index >= 15 is 0 Å². The molecular formula is C28H42O2. The van der Waals surface area contributed by atoms with E-state index in [-0.39, 0.29) is 5.60 Å². The monoisotopic (exact) mass is 410 g/mol. The number of phenols is 1. The predicted molar refractivity (Wildman–Crippen MR) is 130 cm³/mol. The van der Waals surface area contributed by atoms with Crippen molar-refractivity contribution in [3.63, 3.8) is 0 Å². The minimum Gasteiger partial charge on any atom is -0.508 e. The van der Waals surface area contributed by atoms with Crippen LogP contribution in [-0.2, 0) is 6.42 Å². The summed E-state index contributed by atoms with van der Waals surface area (Å²) in [5.74, 6) is 1.38. The maximum Gasteiger partial charge on any atom is 0.126 e. The van der Waals surface area contributed by atoms with Crippen molar-refractivity contribution in [1.29, 1.82) is 0 Å². The zero-order valence-corrected chi connectivity index (χ0v) is 20.3. The average Bonchev–Trinajstić information content (AvgIpc) is 2.67. The molecule has 1 aliphatic rings. The molecule has 166 valence electrons. The van der Waals surface area contributed by atoms with E-state index in [0.717, 1.165) is 67.4 Å². The lowest BCUT2D eigenvalue weighted by Crippen LogP contribution is -2.36. The molecule has 1 aromatic rings. The lowest BCUT2D eigenvalue weighted by Gasteiger charge is -2.37. The molecule has 0 amide bonds. The number of aromatic hydroxyl groups is 1. The SMILES string of the molecule is CC(C)=CCCC(C)=CCCC(C)=CCC[C@@]1(C)CCc2cc(O)c(C)c(C)c2O1. The Morgan fingerprint density at radius 2 is 1.57 bits per heavy atom. The summed E-state index contributed by atoms with van der Waals surface area (Å²) in [5, 5.41) is 10.1. The Balaban J connectivity index is 1.83. The molecule has 2 rings (SSSR count). The van der Waals surface area contributed by atoms with Crippen molar-refractivity contribution in [1.82, 2.24) is 0 Å². The van der Waals surface area contributed by atoms with Crippen LogP contribution in [0.5, 0.6) is 11.5 Å². The summed E-state index contributed by atoms with van der Waals surface area (Å²) in [6.45, 7) is 15.1. The van der Waals surface area contributed by atoms with Crippen molar-refractivity contribution in [2.45, 2.75) is 105 Å². The van der Waals surface area contributed by atoms with Gasteiger partial charge >= 0.3 is 0 Å². The van der Waals surface area contributed by atoms with Crippen LogP contribution in [0.4, 0.5) is 0 Å². The zero-order chi connectivity index (χ0) is 22.3. The van der Waals surface area contributed by atoms with Gasteiger partial charge in [0.2, 0.25) is 0 Å². The Hall–Kier alpha value is -1.96. The molecule has 0 spiro atoms. The van der Waals surface area contributed by atoms with Crippen molar-refractivity contribution in [2.24, 2.45) is 0 Å². The highest BCUT2D eigenvalue weighted by Gasteiger charge is 2.32. The molecule has 2 heteroatoms. The van der Waals surface area contributed by atoms with E-state index in [0.29, 0.717) is 5.75 Å². The molecule has 1 aromatic carbocycles. The summed E-state index contributed by atoms with van der Waals surface area (Å²) >= 11 is 0. The van der Waals surface area contributed by atoms with Gasteiger partial charge < -0.3 is 9.84 Å². The van der Waals surface area contributed by atoms with Crippen molar-refractivity contribution in [3.8, 4) is 11.5 Å². The summed E-state index contributed by atoms with van der Waals surface area (Å²) in [4.78, 5) is 0. The van der Waals surface area contributed by atoms with E-state index in [1.807, 2.05) is 13.0 Å². The Morgan fingerprint density at radius 1 is 0.967 bits per heavy atom. The van der Waals surface area contributed by atoms with Crippen molar-refractivity contribution in [3.05, 3.63) is 57.7 Å². The summed E-state index contributed by atoms with van der Waals surface area (Å²) in [7, 11) is 0. The fourth-order valence-corrected chi connectivity index (χ4v) is 4.11. The molecule has 0 saturated heterocycles. The third-order valence-electron chi connectivity index (χ3n) is 6.45. The number of benzene rings is 1. The van der Waals surface area contributed by atoms with E-state index in [9.17, 15) is 5.11 Å². The summed E-state index contributed by atoms with van der Waals surface area (Å²) in [6.07, 6.45) is 15.8. The van der Waals surface area contributed by atoms with E-state index in [1.54, 1.807) is 0 Å². The van der Waals surface area contributed by atoms with Crippen LogP contribution in [0.2, 0.25) is 0 Å². The summed E-state index contributed by atoms with van der Waals surface area (Å²) in [5.41, 5.74) is 7.40. The van der Waals surface area contributed by atoms with Crippen LogP contribution in [0.15, 0.2) is 41.0 Å². The smallest absolute Gasteiger partial charge is 0.126 e. The van der Waals surface area contributed by atoms with Gasteiger partial charge in [0.25, 0.3) is 0 Å². The largest absolute Gasteiger partial charge is 0.508 e. The van der Waals surface area contributed by atoms with E-state index in [2.05, 4.69) is 59.8 Å². The first-order chi connectivity index (χ1) is 14.1. The Bertz CT molecular complexity index is 822. The van der Waals surface area contributed by atoms with Crippen LogP contribution >= 0.6 is 0 Å². The number of rotatable bonds is 9. The van der Waals surface area contributed by atoms with Gasteiger partial charge in [-0.05, 0) is 123 Å². The molecule has 0 radical (unpaired) electrons. The van der Waals surface area contributed by atoms with Crippen LogP contribution in [0, 0.1) is 13.8 Å². The van der Waals surface area contributed by atoms with E-state index in [1.165, 1.54) is 23.1 Å². The van der Waals surface area contributed by atoms with Crippen LogP contribution < -0.4 is 4.74 Å². The number of allylic oxidation sites excluding steroid dienone is 6. The highest BCUT2D eigenvalue weighted by molar-refractivity contribution is 5.53. The van der Waals surface area contributed by atoms with Gasteiger partial charge in [0.05, 0.1) is 0 Å². The maximum absolute atomic E-state index is 10.1. The number of hydrogen-bond donors (Lipinski definition) is 1. The highest BCUT2D eigenvalue weighted by Crippen LogP contribution is 2.41. The lowest BCUT2D eigenvalue weighted by atomic mass is 9.87. The topological polar surface area (TPSA) is 29.5 Å². The highest BCUT2D eigenvalue weighted by atomic mass is 16.5. The summed E-state index contributed by atoms with van der Waals surface area (Å²) < 4.78 is 6.48. The molecule has 0 aliphatic carbocycles. The van der Waals surface area contributed by atoms with Gasteiger partial charge in [-0.15, -0.1) is 0 Å². The molecule has 1 heterocycles. The molecule has 0 saturated carbocycles. The number of aryl methyl sites for hydroxylation is 1. The van der Waals surface area contributed by atoms with Crippen molar-refractivity contribution in [2.75, 3.05) is 0 Å². The van der Waals surface area contributed by atoms with Crippen LogP contribution in [-0.4, -0.2) is 10.7 Å². The van der Waals surface area contributed by atoms with Gasteiger partial charge in [0, 0.05) is 0 Å². The molecule has 0 bridgehead atoms. The molecule has 1 N–H and O–H groups in total. The fourth-order valence-electron chi connectivity index (χ4n) is 4.11. The second-order valence-corrected chi connectivity index (χ2v) is 9.68. The first-order valence-corrected chi connectivity index (χ1v) is 11.6. The number of fused-ring (bicyclic) bond motifs is 1. The van der Waals surface area contributed by atoms with Gasteiger partial charge in [0.1, 0.15) is 17.1 Å². The lowest BCUT2D eigenvalue weighted by molar-refractivity contribution is 0.0560. The van der Waals surface area contributed by atoms with E-state index < -0.39 is 0 Å². The molecule has 1 atom stereocenters. The maximum atomic E-state index is 10.1. The van der Waals surface area contributed by atoms with Gasteiger partial charge in [-0.2, -0.15) is 0 Å². The quantitative estimate of drug-likeness (QED) is 0.415. The van der Waals surface area contributed by atoms with E-state index in [4.69, 9.17) is 4.74 Å². The molecule has 0 fully saturated rings. The second kappa shape index (κ2) is 10.9. The Labute approximate surface area is 184 Å². The van der Waals surface area contributed by atoms with Crippen LogP contribution in [0.3, 0.4) is 0 Å². The third kappa shape index (κ3) is 7.07.